The van der Waals surface area contributed by atoms with Crippen molar-refractivity contribution in [2.45, 2.75) is 25.8 Å². The van der Waals surface area contributed by atoms with Crippen molar-refractivity contribution in [2.75, 3.05) is 6.26 Å². The second kappa shape index (κ2) is 9.54. The molecule has 0 aliphatic carbocycles. The van der Waals surface area contributed by atoms with E-state index in [0.29, 0.717) is 13.6 Å². The molecule has 3 aromatic rings. The number of nitro benzene ring substituents is 1. The van der Waals surface area contributed by atoms with Gasteiger partial charge in [-0.1, -0.05) is 31.8 Å². The fourth-order valence-corrected chi connectivity index (χ4v) is 10.2. The van der Waals surface area contributed by atoms with Crippen molar-refractivity contribution >= 4 is 70.3 Å². The number of nitrogens with two attached hydrogens (primary N) is 1. The Morgan fingerprint density at radius 2 is 1.88 bits per heavy atom. The quantitative estimate of drug-likeness (QED) is 0.129. The Balaban J connectivity index is 2.42. The van der Waals surface area contributed by atoms with Gasteiger partial charge in [-0.25, -0.2) is 4.21 Å². The number of aryl methyl sites for hydroxylation is 1. The van der Waals surface area contributed by atoms with Crippen LogP contribution >= 0.6 is 39.0 Å². The van der Waals surface area contributed by atoms with E-state index < -0.39 is 35.3 Å². The fraction of sp³-hybridized carbons (Fsp3) is 0.105. The van der Waals surface area contributed by atoms with Gasteiger partial charge in [-0.3, -0.25) is 15.5 Å². The van der Waals surface area contributed by atoms with Crippen molar-refractivity contribution in [3.63, 3.8) is 0 Å². The number of thiophene rings is 1. The topological polar surface area (TPSA) is 157 Å². The molecular weight excluding hydrogens is 572 g/mol. The lowest BCUT2D eigenvalue weighted by molar-refractivity contribution is -0.385. The van der Waals surface area contributed by atoms with E-state index in [1.807, 2.05) is 0 Å². The third kappa shape index (κ3) is 5.14. The summed E-state index contributed by atoms with van der Waals surface area (Å²) in [5, 5.41) is 18.9. The summed E-state index contributed by atoms with van der Waals surface area (Å²) < 4.78 is 46.1. The number of thioether (sulfide) groups is 1. The van der Waals surface area contributed by atoms with Crippen molar-refractivity contribution in [1.29, 1.82) is 5.41 Å². The Labute approximate surface area is 207 Å². The van der Waals surface area contributed by atoms with E-state index in [1.54, 1.807) is 18.4 Å². The molecule has 33 heavy (non-hydrogen) atoms. The van der Waals surface area contributed by atoms with Crippen molar-refractivity contribution in [2.24, 2.45) is 9.50 Å². The summed E-state index contributed by atoms with van der Waals surface area (Å²) in [5.41, 5.74) is 5.41. The highest BCUT2D eigenvalue weighted by atomic mass is 79.9. The highest BCUT2D eigenvalue weighted by molar-refractivity contribution is 9.10. The van der Waals surface area contributed by atoms with Gasteiger partial charge in [-0.15, -0.1) is 23.1 Å². The Hall–Kier alpha value is -2.26. The Kier molecular flexibility index (Phi) is 7.33. The van der Waals surface area contributed by atoms with Crippen molar-refractivity contribution < 1.29 is 17.6 Å². The third-order valence-corrected chi connectivity index (χ3v) is 11.9. The van der Waals surface area contributed by atoms with Gasteiger partial charge < -0.3 is 5.73 Å². The van der Waals surface area contributed by atoms with Gasteiger partial charge in [0, 0.05) is 16.6 Å². The lowest BCUT2D eigenvalue weighted by atomic mass is 10.2. The maximum Gasteiger partial charge on any atom is 0.291 e. The largest absolute Gasteiger partial charge is 0.383 e. The van der Waals surface area contributed by atoms with Crippen LogP contribution in [0.5, 0.6) is 0 Å². The molecule has 0 aliphatic heterocycles. The molecule has 0 saturated heterocycles. The summed E-state index contributed by atoms with van der Waals surface area (Å²) in [6.07, 6.45) is 1.72. The molecule has 3 rings (SSSR count). The molecule has 174 valence electrons. The minimum atomic E-state index is -4.61. The zero-order valence-corrected chi connectivity index (χ0v) is 22.0. The minimum absolute atomic E-state index is 0.106. The first kappa shape index (κ1) is 25.4. The molecule has 1 aromatic heterocycles. The van der Waals surface area contributed by atoms with Crippen LogP contribution in [0.3, 0.4) is 0 Å². The highest BCUT2D eigenvalue weighted by Crippen LogP contribution is 2.39. The first-order valence-corrected chi connectivity index (χ1v) is 14.7. The molecule has 3 N–H and O–H groups in total. The second-order valence-electron chi connectivity index (χ2n) is 6.62. The smallest absolute Gasteiger partial charge is 0.291 e. The van der Waals surface area contributed by atoms with E-state index in [1.165, 1.54) is 49.0 Å². The van der Waals surface area contributed by atoms with Crippen LogP contribution in [-0.2, 0) is 19.8 Å². The average molecular weight is 590 g/mol. The average Bonchev–Trinajstić information content (AvgIpc) is 3.19. The molecule has 0 aliphatic rings. The molecule has 0 amide bonds. The Morgan fingerprint density at radius 3 is 2.45 bits per heavy atom. The first-order chi connectivity index (χ1) is 15.4. The maximum atomic E-state index is 14.5. The number of benzene rings is 2. The monoisotopic (exact) mass is 588 g/mol. The highest BCUT2D eigenvalue weighted by Gasteiger charge is 2.29. The van der Waals surface area contributed by atoms with Crippen LogP contribution in [0.15, 0.2) is 75.7 Å². The summed E-state index contributed by atoms with van der Waals surface area (Å²) >= 11 is 5.63. The van der Waals surface area contributed by atoms with Crippen LogP contribution in [0.1, 0.15) is 10.4 Å². The molecule has 1 unspecified atom stereocenters. The predicted octanol–water partition coefficient (Wildman–Crippen LogP) is 5.01. The number of nitrogens with zero attached hydrogens (tertiary/aromatic N) is 2. The van der Waals surface area contributed by atoms with E-state index in [4.69, 9.17) is 11.1 Å². The predicted molar refractivity (Wildman–Crippen MR) is 133 cm³/mol. The number of non-ortho nitro benzene ring substituents is 1. The fourth-order valence-electron chi connectivity index (χ4n) is 2.83. The number of sulfonamides is 1. The molecule has 0 spiro atoms. The molecule has 0 fully saturated rings. The number of nitrogen functional groups attached to an aromatic ring is 1. The van der Waals surface area contributed by atoms with Crippen molar-refractivity contribution in [1.82, 2.24) is 0 Å². The Bertz CT molecular complexity index is 1510. The summed E-state index contributed by atoms with van der Waals surface area (Å²) in [4.78, 5) is 10.6. The van der Waals surface area contributed by atoms with Gasteiger partial charge in [0.1, 0.15) is 15.6 Å². The van der Waals surface area contributed by atoms with Crippen LogP contribution in [0.25, 0.3) is 0 Å². The van der Waals surface area contributed by atoms with Gasteiger partial charge in [0.15, 0.2) is 0 Å². The van der Waals surface area contributed by atoms with E-state index in [0.717, 1.165) is 17.4 Å². The van der Waals surface area contributed by atoms with Crippen LogP contribution < -0.4 is 5.73 Å². The van der Waals surface area contributed by atoms with E-state index in [2.05, 4.69) is 19.7 Å². The van der Waals surface area contributed by atoms with Crippen LogP contribution in [0.4, 0.5) is 5.69 Å². The molecule has 9 nitrogen and oxygen atoms in total. The number of hydrogen-bond donors (Lipinski definition) is 2. The molecular formula is C19H17BrN4O5S4. The number of nitrogens with one attached hydrogen (secondary N) is 1. The summed E-state index contributed by atoms with van der Waals surface area (Å²) in [6.45, 7) is 1.47. The minimum Gasteiger partial charge on any atom is -0.383 e. The molecule has 0 bridgehead atoms. The molecule has 0 radical (unpaired) electrons. The Morgan fingerprint density at radius 1 is 1.18 bits per heavy atom. The molecule has 1 heterocycles. The van der Waals surface area contributed by atoms with Crippen LogP contribution in [-0.4, -0.2) is 29.6 Å². The molecule has 2 aromatic carbocycles. The number of rotatable bonds is 7. The van der Waals surface area contributed by atoms with E-state index in [9.17, 15) is 22.7 Å². The summed E-state index contributed by atoms with van der Waals surface area (Å²) in [5.74, 6) is -0.255. The van der Waals surface area contributed by atoms with Gasteiger partial charge in [0.05, 0.1) is 28.7 Å². The molecule has 14 heteroatoms. The number of hydrogen-bond acceptors (Lipinski definition) is 8. The first-order valence-electron chi connectivity index (χ1n) is 8.95. The SMILES string of the molecule is CSc1sc(C(=N)N)cc1S(=O)(=NS(=O)(=O)c1cc([N+](=O)[O-])ccc1C)c1cccc(Br)c1. The zero-order valence-electron chi connectivity index (χ0n) is 17.1. The molecule has 1 atom stereocenters. The van der Waals surface area contributed by atoms with Gasteiger partial charge in [-0.05, 0) is 43.0 Å². The zero-order chi connectivity index (χ0) is 24.6. The van der Waals surface area contributed by atoms with Crippen LogP contribution in [0.2, 0.25) is 0 Å². The number of nitro groups is 1. The summed E-state index contributed by atoms with van der Waals surface area (Å²) in [7, 11) is -8.42. The normalized spacial score (nSPS) is 13.3. The van der Waals surface area contributed by atoms with Gasteiger partial charge in [0.2, 0.25) is 0 Å². The lowest BCUT2D eigenvalue weighted by Gasteiger charge is -2.12. The summed E-state index contributed by atoms with van der Waals surface area (Å²) in [6, 6.07) is 11.1. The van der Waals surface area contributed by atoms with Gasteiger partial charge in [0.25, 0.3) is 15.7 Å². The van der Waals surface area contributed by atoms with Gasteiger partial charge >= 0.3 is 0 Å². The third-order valence-electron chi connectivity index (χ3n) is 4.39. The number of halogens is 1. The van der Waals surface area contributed by atoms with E-state index >= 15 is 0 Å². The van der Waals surface area contributed by atoms with E-state index in [-0.39, 0.29) is 21.2 Å². The lowest BCUT2D eigenvalue weighted by Crippen LogP contribution is -2.10. The van der Waals surface area contributed by atoms with Crippen molar-refractivity contribution in [3.05, 3.63) is 73.6 Å². The van der Waals surface area contributed by atoms with Crippen molar-refractivity contribution in [3.8, 4) is 0 Å². The number of amidine groups is 1. The standard InChI is InChI=1S/C19H17BrN4O5S4/c1-11-6-7-13(24(25)26)9-16(11)33(28,29)23-32(27,14-5-3-4-12(20)8-14)17-10-15(18(21)22)31-19(17)30-2/h3-10H,1-2H3,(H3,21,22). The second-order valence-corrected chi connectivity index (χ2v) is 13.6. The van der Waals surface area contributed by atoms with Gasteiger partial charge in [-0.2, -0.15) is 8.42 Å². The maximum absolute atomic E-state index is 14.5. The molecule has 0 saturated carbocycles. The van der Waals surface area contributed by atoms with Crippen LogP contribution in [0, 0.1) is 22.4 Å².